The summed E-state index contributed by atoms with van der Waals surface area (Å²) in [5.74, 6) is -1.61. The molecule has 2 rings (SSSR count). The van der Waals surface area contributed by atoms with Gasteiger partial charge in [-0.05, 0) is 74.2 Å². The van der Waals surface area contributed by atoms with Crippen LogP contribution >= 0.6 is 43.2 Å². The molecule has 0 fully saturated rings. The SMILES string of the molecule is CCNC(Cc1ccc(F)c(F)c1)c1cc(Br)sc1Br. The van der Waals surface area contributed by atoms with Gasteiger partial charge in [0, 0.05) is 6.04 Å². The Bertz CT molecular complexity index is 601. The second kappa shape index (κ2) is 7.11. The highest BCUT2D eigenvalue weighted by Crippen LogP contribution is 2.36. The third-order valence-corrected chi connectivity index (χ3v) is 5.32. The average molecular weight is 425 g/mol. The van der Waals surface area contributed by atoms with Crippen LogP contribution in [0.25, 0.3) is 0 Å². The zero-order valence-electron chi connectivity index (χ0n) is 10.7. The minimum atomic E-state index is -0.812. The van der Waals surface area contributed by atoms with E-state index >= 15 is 0 Å². The number of hydrogen-bond acceptors (Lipinski definition) is 2. The maximum Gasteiger partial charge on any atom is 0.159 e. The molecular formula is C14H13Br2F2NS. The van der Waals surface area contributed by atoms with Crippen LogP contribution in [0, 0.1) is 11.6 Å². The van der Waals surface area contributed by atoms with Gasteiger partial charge in [-0.15, -0.1) is 11.3 Å². The summed E-state index contributed by atoms with van der Waals surface area (Å²) in [5.41, 5.74) is 1.89. The number of nitrogens with one attached hydrogen (secondary N) is 1. The van der Waals surface area contributed by atoms with Gasteiger partial charge < -0.3 is 5.32 Å². The first kappa shape index (κ1) is 16.1. The van der Waals surface area contributed by atoms with Crippen molar-refractivity contribution in [3.63, 3.8) is 0 Å². The first-order valence-corrected chi connectivity index (χ1v) is 8.53. The fourth-order valence-electron chi connectivity index (χ4n) is 2.03. The molecule has 1 atom stereocenters. The van der Waals surface area contributed by atoms with Crippen molar-refractivity contribution in [2.75, 3.05) is 6.54 Å². The monoisotopic (exact) mass is 423 g/mol. The van der Waals surface area contributed by atoms with Crippen LogP contribution < -0.4 is 5.32 Å². The molecule has 6 heteroatoms. The van der Waals surface area contributed by atoms with E-state index in [-0.39, 0.29) is 6.04 Å². The predicted octanol–water partition coefficient (Wildman–Crippen LogP) is 5.44. The normalized spacial score (nSPS) is 12.7. The van der Waals surface area contributed by atoms with Crippen LogP contribution in [0.4, 0.5) is 8.78 Å². The lowest BCUT2D eigenvalue weighted by atomic mass is 10.0. The van der Waals surface area contributed by atoms with Crippen LogP contribution in [0.5, 0.6) is 0 Å². The van der Waals surface area contributed by atoms with Gasteiger partial charge in [-0.3, -0.25) is 0 Å². The van der Waals surface area contributed by atoms with E-state index in [2.05, 4.69) is 37.2 Å². The topological polar surface area (TPSA) is 12.0 Å². The van der Waals surface area contributed by atoms with Crippen LogP contribution in [0.15, 0.2) is 31.8 Å². The van der Waals surface area contributed by atoms with Gasteiger partial charge in [-0.25, -0.2) is 8.78 Å². The molecule has 1 unspecified atom stereocenters. The average Bonchev–Trinajstić information content (AvgIpc) is 2.72. The van der Waals surface area contributed by atoms with E-state index in [1.807, 2.05) is 13.0 Å². The number of thiophene rings is 1. The highest BCUT2D eigenvalue weighted by molar-refractivity contribution is 9.12. The van der Waals surface area contributed by atoms with Crippen molar-refractivity contribution in [2.24, 2.45) is 0 Å². The molecule has 0 bridgehead atoms. The van der Waals surface area contributed by atoms with Gasteiger partial charge in [-0.2, -0.15) is 0 Å². The largest absolute Gasteiger partial charge is 0.310 e. The molecule has 1 aromatic heterocycles. The maximum atomic E-state index is 13.3. The van der Waals surface area contributed by atoms with Crippen LogP contribution in [0.1, 0.15) is 24.1 Å². The van der Waals surface area contributed by atoms with Gasteiger partial charge in [0.1, 0.15) is 0 Å². The minimum Gasteiger partial charge on any atom is -0.310 e. The lowest BCUT2D eigenvalue weighted by Gasteiger charge is -2.18. The molecule has 0 aliphatic heterocycles. The quantitative estimate of drug-likeness (QED) is 0.673. The second-order valence-corrected chi connectivity index (χ2v) is 8.09. The molecule has 0 saturated heterocycles. The van der Waals surface area contributed by atoms with Gasteiger partial charge >= 0.3 is 0 Å². The number of rotatable bonds is 5. The molecule has 1 N–H and O–H groups in total. The van der Waals surface area contributed by atoms with Gasteiger partial charge in [0.25, 0.3) is 0 Å². The summed E-state index contributed by atoms with van der Waals surface area (Å²) in [4.78, 5) is 0. The van der Waals surface area contributed by atoms with Crippen molar-refractivity contribution in [1.29, 1.82) is 0 Å². The Hall–Kier alpha value is -0.300. The van der Waals surface area contributed by atoms with E-state index in [1.54, 1.807) is 17.4 Å². The first-order chi connectivity index (χ1) is 9.51. The lowest BCUT2D eigenvalue weighted by Crippen LogP contribution is -2.22. The molecule has 0 saturated carbocycles. The fraction of sp³-hybridized carbons (Fsp3) is 0.286. The van der Waals surface area contributed by atoms with Gasteiger partial charge in [0.05, 0.1) is 7.57 Å². The van der Waals surface area contributed by atoms with Crippen molar-refractivity contribution in [2.45, 2.75) is 19.4 Å². The molecule has 0 aliphatic carbocycles. The summed E-state index contributed by atoms with van der Waals surface area (Å²) in [6.45, 7) is 2.82. The van der Waals surface area contributed by atoms with E-state index in [0.717, 1.165) is 25.2 Å². The molecule has 0 amide bonds. The van der Waals surface area contributed by atoms with E-state index in [1.165, 1.54) is 12.1 Å². The molecule has 20 heavy (non-hydrogen) atoms. The van der Waals surface area contributed by atoms with Crippen LogP contribution in [0.3, 0.4) is 0 Å². The van der Waals surface area contributed by atoms with Crippen LogP contribution in [0.2, 0.25) is 0 Å². The van der Waals surface area contributed by atoms with Gasteiger partial charge in [0.15, 0.2) is 11.6 Å². The maximum absolute atomic E-state index is 13.3. The summed E-state index contributed by atoms with van der Waals surface area (Å²) in [7, 11) is 0. The van der Waals surface area contributed by atoms with Crippen molar-refractivity contribution >= 4 is 43.2 Å². The third-order valence-electron chi connectivity index (χ3n) is 2.93. The lowest BCUT2D eigenvalue weighted by molar-refractivity contribution is 0.502. The number of halogens is 4. The Labute approximate surface area is 137 Å². The van der Waals surface area contributed by atoms with Crippen LogP contribution in [-0.4, -0.2) is 6.54 Å². The molecule has 0 spiro atoms. The van der Waals surface area contributed by atoms with E-state index < -0.39 is 11.6 Å². The molecule has 108 valence electrons. The standard InChI is InChI=1S/C14H13Br2F2NS/c1-2-19-12(9-7-13(15)20-14(9)16)6-8-3-4-10(17)11(18)5-8/h3-5,7,12,19H,2,6H2,1H3. The Morgan fingerprint density at radius 3 is 2.50 bits per heavy atom. The predicted molar refractivity (Wildman–Crippen MR) is 86.2 cm³/mol. The summed E-state index contributed by atoms with van der Waals surface area (Å²) < 4.78 is 28.3. The zero-order valence-corrected chi connectivity index (χ0v) is 14.7. The van der Waals surface area contributed by atoms with Crippen molar-refractivity contribution in [1.82, 2.24) is 5.32 Å². The molecule has 1 aromatic carbocycles. The smallest absolute Gasteiger partial charge is 0.159 e. The summed E-state index contributed by atoms with van der Waals surface area (Å²) in [6, 6.07) is 6.16. The molecule has 0 aliphatic rings. The molecule has 1 nitrogen and oxygen atoms in total. The van der Waals surface area contributed by atoms with E-state index in [4.69, 9.17) is 0 Å². The molecule has 1 heterocycles. The summed E-state index contributed by atoms with van der Waals surface area (Å²) >= 11 is 8.60. The zero-order chi connectivity index (χ0) is 14.7. The third kappa shape index (κ3) is 3.87. The van der Waals surface area contributed by atoms with E-state index in [9.17, 15) is 8.78 Å². The summed E-state index contributed by atoms with van der Waals surface area (Å²) in [5, 5.41) is 3.38. The Morgan fingerprint density at radius 1 is 1.20 bits per heavy atom. The number of hydrogen-bond donors (Lipinski definition) is 1. The second-order valence-electron chi connectivity index (χ2n) is 4.34. The molecule has 2 aromatic rings. The number of likely N-dealkylation sites (N-methyl/N-ethyl adjacent to an activating group) is 1. The van der Waals surface area contributed by atoms with Crippen LogP contribution in [-0.2, 0) is 6.42 Å². The highest BCUT2D eigenvalue weighted by Gasteiger charge is 2.17. The Balaban J connectivity index is 2.25. The minimum absolute atomic E-state index is 0.0572. The first-order valence-electron chi connectivity index (χ1n) is 6.13. The van der Waals surface area contributed by atoms with Crippen molar-refractivity contribution < 1.29 is 8.78 Å². The summed E-state index contributed by atoms with van der Waals surface area (Å²) in [6.07, 6.45) is 0.604. The molecule has 0 radical (unpaired) electrons. The van der Waals surface area contributed by atoms with Gasteiger partial charge in [0.2, 0.25) is 0 Å². The Morgan fingerprint density at radius 2 is 1.95 bits per heavy atom. The highest BCUT2D eigenvalue weighted by atomic mass is 79.9. The van der Waals surface area contributed by atoms with Crippen molar-refractivity contribution in [3.05, 3.63) is 54.6 Å². The van der Waals surface area contributed by atoms with Crippen molar-refractivity contribution in [3.8, 4) is 0 Å². The van der Waals surface area contributed by atoms with E-state index in [0.29, 0.717) is 6.42 Å². The number of benzene rings is 1. The Kier molecular flexibility index (Phi) is 5.72. The molecular weight excluding hydrogens is 412 g/mol. The fourth-order valence-corrected chi connectivity index (χ4v) is 5.01. The van der Waals surface area contributed by atoms with Gasteiger partial charge in [-0.1, -0.05) is 13.0 Å².